The number of aliphatic hydroxyl groups excluding tert-OH is 1. The van der Waals surface area contributed by atoms with Crippen LogP contribution in [0.25, 0.3) is 10.9 Å². The van der Waals surface area contributed by atoms with Crippen molar-refractivity contribution in [2.24, 2.45) is 5.92 Å². The Morgan fingerprint density at radius 1 is 1.33 bits per heavy atom. The third kappa shape index (κ3) is 3.59. The van der Waals surface area contributed by atoms with Gasteiger partial charge in [0.05, 0.1) is 18.2 Å². The van der Waals surface area contributed by atoms with Crippen molar-refractivity contribution >= 4 is 10.9 Å². The molecule has 1 aromatic heterocycles. The van der Waals surface area contributed by atoms with Gasteiger partial charge in [-0.1, -0.05) is 11.6 Å². The standard InChI is InChI=1S/C22H28N2O3/c1-3-15-14-24-9-7-16(15)12-21(24)22(25)18-6-8-23-20-5-4-17(13-19(18)20)27-11-10-26-2/h3-6,8,13,16,21-22,25H,7,9-12,14H2,1-2H3. The summed E-state index contributed by atoms with van der Waals surface area (Å²) in [4.78, 5) is 6.90. The van der Waals surface area contributed by atoms with Crippen LogP contribution in [0.15, 0.2) is 42.1 Å². The third-order valence-corrected chi connectivity index (χ3v) is 6.03. The lowest BCUT2D eigenvalue weighted by Gasteiger charge is -2.48. The summed E-state index contributed by atoms with van der Waals surface area (Å²) >= 11 is 0. The zero-order valence-corrected chi connectivity index (χ0v) is 16.1. The highest BCUT2D eigenvalue weighted by molar-refractivity contribution is 5.84. The van der Waals surface area contributed by atoms with Crippen molar-refractivity contribution in [3.05, 3.63) is 47.7 Å². The first kappa shape index (κ1) is 18.4. The number of ether oxygens (including phenoxy) is 2. The van der Waals surface area contributed by atoms with Gasteiger partial charge in [0.25, 0.3) is 0 Å². The summed E-state index contributed by atoms with van der Waals surface area (Å²) in [5.41, 5.74) is 3.35. The molecule has 3 aliphatic rings. The minimum Gasteiger partial charge on any atom is -0.491 e. The SMILES string of the molecule is CC=C1CN2CCC1CC2C(O)c1ccnc2ccc(OCCOC)cc12. The minimum atomic E-state index is -0.522. The molecule has 0 amide bonds. The second-order valence-corrected chi connectivity index (χ2v) is 7.49. The molecule has 0 aliphatic carbocycles. The number of benzene rings is 1. The molecule has 2 bridgehead atoms. The Balaban J connectivity index is 1.61. The summed E-state index contributed by atoms with van der Waals surface area (Å²) in [6.45, 7) is 5.23. The normalized spacial score (nSPS) is 27.2. The van der Waals surface area contributed by atoms with Crippen LogP contribution < -0.4 is 4.74 Å². The molecule has 5 rings (SSSR count). The molecule has 3 aliphatic heterocycles. The summed E-state index contributed by atoms with van der Waals surface area (Å²) in [7, 11) is 1.66. The van der Waals surface area contributed by atoms with Crippen molar-refractivity contribution in [3.63, 3.8) is 0 Å². The molecular formula is C22H28N2O3. The second-order valence-electron chi connectivity index (χ2n) is 7.49. The first-order chi connectivity index (χ1) is 13.2. The Labute approximate surface area is 160 Å². The number of methoxy groups -OCH3 is 1. The van der Waals surface area contributed by atoms with E-state index in [0.29, 0.717) is 19.1 Å². The number of pyridine rings is 1. The average Bonchev–Trinajstić information content (AvgIpc) is 2.73. The molecule has 1 aromatic carbocycles. The smallest absolute Gasteiger partial charge is 0.120 e. The van der Waals surface area contributed by atoms with Crippen LogP contribution in [0.5, 0.6) is 5.75 Å². The number of rotatable bonds is 6. The van der Waals surface area contributed by atoms with Gasteiger partial charge in [-0.15, -0.1) is 0 Å². The summed E-state index contributed by atoms with van der Waals surface area (Å²) in [6.07, 6.45) is 5.75. The minimum absolute atomic E-state index is 0.163. The van der Waals surface area contributed by atoms with E-state index in [9.17, 15) is 5.11 Å². The molecule has 5 nitrogen and oxygen atoms in total. The Kier molecular flexibility index (Phi) is 5.43. The topological polar surface area (TPSA) is 54.8 Å². The van der Waals surface area contributed by atoms with Gasteiger partial charge in [-0.05, 0) is 62.1 Å². The number of hydrogen-bond acceptors (Lipinski definition) is 5. The number of hydrogen-bond donors (Lipinski definition) is 1. The number of aliphatic hydroxyl groups is 1. The molecule has 3 saturated heterocycles. The van der Waals surface area contributed by atoms with E-state index < -0.39 is 6.10 Å². The largest absolute Gasteiger partial charge is 0.491 e. The van der Waals surface area contributed by atoms with E-state index in [0.717, 1.165) is 41.7 Å². The number of aromatic nitrogens is 1. The number of piperidine rings is 3. The first-order valence-corrected chi connectivity index (χ1v) is 9.79. The third-order valence-electron chi connectivity index (χ3n) is 6.03. The van der Waals surface area contributed by atoms with E-state index in [4.69, 9.17) is 9.47 Å². The van der Waals surface area contributed by atoms with Gasteiger partial charge >= 0.3 is 0 Å². The highest BCUT2D eigenvalue weighted by Gasteiger charge is 2.40. The van der Waals surface area contributed by atoms with Crippen LogP contribution in [0.1, 0.15) is 31.4 Å². The van der Waals surface area contributed by atoms with Crippen molar-refractivity contribution in [3.8, 4) is 5.75 Å². The quantitative estimate of drug-likeness (QED) is 0.626. The van der Waals surface area contributed by atoms with E-state index >= 15 is 0 Å². The fourth-order valence-corrected chi connectivity index (χ4v) is 4.54. The van der Waals surface area contributed by atoms with Gasteiger partial charge in [-0.3, -0.25) is 9.88 Å². The van der Waals surface area contributed by atoms with Crippen molar-refractivity contribution in [2.45, 2.75) is 31.9 Å². The Morgan fingerprint density at radius 2 is 2.22 bits per heavy atom. The maximum absolute atomic E-state index is 11.3. The zero-order valence-electron chi connectivity index (χ0n) is 16.1. The van der Waals surface area contributed by atoms with Gasteiger partial charge in [0.15, 0.2) is 0 Å². The molecular weight excluding hydrogens is 340 g/mol. The van der Waals surface area contributed by atoms with Gasteiger partial charge in [0, 0.05) is 31.3 Å². The van der Waals surface area contributed by atoms with Crippen molar-refractivity contribution < 1.29 is 14.6 Å². The van der Waals surface area contributed by atoms with Gasteiger partial charge in [0.1, 0.15) is 12.4 Å². The molecule has 0 spiro atoms. The lowest BCUT2D eigenvalue weighted by atomic mass is 9.76. The molecule has 4 atom stereocenters. The molecule has 0 saturated carbocycles. The lowest BCUT2D eigenvalue weighted by molar-refractivity contribution is -0.00340. The van der Waals surface area contributed by atoms with Crippen molar-refractivity contribution in [1.29, 1.82) is 0 Å². The molecule has 27 heavy (non-hydrogen) atoms. The molecule has 4 heterocycles. The number of nitrogens with zero attached hydrogens (tertiary/aromatic N) is 2. The van der Waals surface area contributed by atoms with E-state index in [1.54, 1.807) is 13.3 Å². The summed E-state index contributed by atoms with van der Waals surface area (Å²) in [5.74, 6) is 1.39. The van der Waals surface area contributed by atoms with E-state index in [1.165, 1.54) is 12.0 Å². The molecule has 2 aromatic rings. The fourth-order valence-electron chi connectivity index (χ4n) is 4.54. The lowest BCUT2D eigenvalue weighted by Crippen LogP contribution is -2.52. The second kappa shape index (κ2) is 7.97. The number of fused-ring (bicyclic) bond motifs is 4. The predicted octanol–water partition coefficient (Wildman–Crippen LogP) is 3.33. The molecule has 144 valence electrons. The summed E-state index contributed by atoms with van der Waals surface area (Å²) in [5, 5.41) is 12.2. The maximum Gasteiger partial charge on any atom is 0.120 e. The van der Waals surface area contributed by atoms with Gasteiger partial charge in [-0.25, -0.2) is 0 Å². The molecule has 0 radical (unpaired) electrons. The van der Waals surface area contributed by atoms with Crippen LogP contribution in [0, 0.1) is 5.92 Å². The van der Waals surface area contributed by atoms with Gasteiger partial charge in [0.2, 0.25) is 0 Å². The Bertz CT molecular complexity index is 835. The van der Waals surface area contributed by atoms with Crippen LogP contribution in [0.3, 0.4) is 0 Å². The van der Waals surface area contributed by atoms with E-state index in [2.05, 4.69) is 22.9 Å². The summed E-state index contributed by atoms with van der Waals surface area (Å²) in [6, 6.07) is 7.98. The predicted molar refractivity (Wildman–Crippen MR) is 106 cm³/mol. The van der Waals surface area contributed by atoms with Crippen LogP contribution in [0.2, 0.25) is 0 Å². The van der Waals surface area contributed by atoms with E-state index in [-0.39, 0.29) is 6.04 Å². The fraction of sp³-hybridized carbons (Fsp3) is 0.500. The van der Waals surface area contributed by atoms with Gasteiger partial charge in [-0.2, -0.15) is 0 Å². The van der Waals surface area contributed by atoms with Gasteiger partial charge < -0.3 is 14.6 Å². The van der Waals surface area contributed by atoms with Crippen molar-refractivity contribution in [2.75, 3.05) is 33.4 Å². The van der Waals surface area contributed by atoms with Crippen LogP contribution in [-0.4, -0.2) is 54.4 Å². The van der Waals surface area contributed by atoms with E-state index in [1.807, 2.05) is 24.3 Å². The van der Waals surface area contributed by atoms with Crippen LogP contribution in [0.4, 0.5) is 0 Å². The average molecular weight is 368 g/mol. The monoisotopic (exact) mass is 368 g/mol. The highest BCUT2D eigenvalue weighted by atomic mass is 16.5. The van der Waals surface area contributed by atoms with Crippen LogP contribution in [-0.2, 0) is 4.74 Å². The van der Waals surface area contributed by atoms with Crippen LogP contribution >= 0.6 is 0 Å². The zero-order chi connectivity index (χ0) is 18.8. The highest BCUT2D eigenvalue weighted by Crippen LogP contribution is 2.41. The Hall–Kier alpha value is -1.95. The number of allylic oxidation sites excluding steroid dienone is 1. The maximum atomic E-state index is 11.3. The molecule has 1 N–H and O–H groups in total. The molecule has 5 heteroatoms. The van der Waals surface area contributed by atoms with Crippen molar-refractivity contribution in [1.82, 2.24) is 9.88 Å². The molecule has 3 fully saturated rings. The molecule has 4 unspecified atom stereocenters. The Morgan fingerprint density at radius 3 is 2.96 bits per heavy atom. The first-order valence-electron chi connectivity index (χ1n) is 9.79. The summed E-state index contributed by atoms with van der Waals surface area (Å²) < 4.78 is 10.8.